The Morgan fingerprint density at radius 1 is 1.22 bits per heavy atom. The number of hydrogen-bond donors (Lipinski definition) is 0. The Hall–Kier alpha value is -0.980. The van der Waals surface area contributed by atoms with Crippen molar-refractivity contribution in [1.29, 1.82) is 0 Å². The molecule has 0 bridgehead atoms. The number of hydroxylamine groups is 2. The molecule has 18 heavy (non-hydrogen) atoms. The molecule has 2 atom stereocenters. The van der Waals surface area contributed by atoms with Crippen molar-refractivity contribution in [3.05, 3.63) is 0 Å². The fraction of sp³-hybridized carbons (Fsp3) is 0.833. The largest absolute Gasteiger partial charge is 0.336 e. The molecule has 1 amide bonds. The second kappa shape index (κ2) is 5.34. The monoisotopic (exact) mass is 259 g/mol. The predicted molar refractivity (Wildman–Crippen MR) is 63.4 cm³/mol. The number of hydrogen-bond acceptors (Lipinski definition) is 5. The van der Waals surface area contributed by atoms with Gasteiger partial charge in [0.2, 0.25) is 0 Å². The summed E-state index contributed by atoms with van der Waals surface area (Å²) in [5.41, 5.74) is 0. The number of rotatable bonds is 4. The van der Waals surface area contributed by atoms with E-state index in [9.17, 15) is 9.59 Å². The van der Waals surface area contributed by atoms with Crippen molar-refractivity contribution in [2.45, 2.75) is 45.7 Å². The summed E-state index contributed by atoms with van der Waals surface area (Å²) >= 11 is 0. The van der Waals surface area contributed by atoms with Crippen LogP contribution in [0.2, 0.25) is 0 Å². The molecule has 1 fully saturated rings. The third-order valence-electron chi connectivity index (χ3n) is 2.77. The van der Waals surface area contributed by atoms with Gasteiger partial charge in [0, 0.05) is 13.0 Å². The highest BCUT2D eigenvalue weighted by Gasteiger charge is 2.50. The quantitative estimate of drug-likeness (QED) is 0.697. The lowest BCUT2D eigenvalue weighted by Crippen LogP contribution is -2.45. The van der Waals surface area contributed by atoms with Gasteiger partial charge in [-0.3, -0.25) is 14.4 Å². The molecule has 0 saturated carbocycles. The van der Waals surface area contributed by atoms with Crippen molar-refractivity contribution in [2.75, 3.05) is 14.2 Å². The fourth-order valence-corrected chi connectivity index (χ4v) is 1.75. The Morgan fingerprint density at radius 3 is 2.17 bits per heavy atom. The summed E-state index contributed by atoms with van der Waals surface area (Å²) in [7, 11) is 2.84. The number of ketones is 1. The lowest BCUT2D eigenvalue weighted by molar-refractivity contribution is -0.187. The summed E-state index contributed by atoms with van der Waals surface area (Å²) in [4.78, 5) is 28.9. The Morgan fingerprint density at radius 2 is 1.72 bits per heavy atom. The van der Waals surface area contributed by atoms with Gasteiger partial charge in [0.1, 0.15) is 0 Å². The molecular formula is C12H21NO5. The van der Waals surface area contributed by atoms with Gasteiger partial charge in [0.15, 0.2) is 23.8 Å². The van der Waals surface area contributed by atoms with Crippen LogP contribution < -0.4 is 0 Å². The molecule has 6 nitrogen and oxygen atoms in total. The molecule has 0 unspecified atom stereocenters. The van der Waals surface area contributed by atoms with E-state index in [4.69, 9.17) is 14.3 Å². The minimum atomic E-state index is -0.958. The van der Waals surface area contributed by atoms with Crippen LogP contribution in [-0.4, -0.2) is 48.9 Å². The van der Waals surface area contributed by atoms with Gasteiger partial charge in [0.05, 0.1) is 7.11 Å². The normalized spacial score (nSPS) is 26.4. The van der Waals surface area contributed by atoms with Crippen LogP contribution in [0.3, 0.4) is 0 Å². The molecule has 0 aromatic carbocycles. The number of amides is 1. The highest BCUT2D eigenvalue weighted by Crippen LogP contribution is 2.31. The third-order valence-corrected chi connectivity index (χ3v) is 2.77. The third kappa shape index (κ3) is 3.07. The minimum absolute atomic E-state index is 0.150. The van der Waals surface area contributed by atoms with E-state index in [1.54, 1.807) is 27.7 Å². The van der Waals surface area contributed by atoms with E-state index in [2.05, 4.69) is 0 Å². The first-order valence-electron chi connectivity index (χ1n) is 5.90. The van der Waals surface area contributed by atoms with Crippen LogP contribution in [0.1, 0.15) is 27.7 Å². The topological polar surface area (TPSA) is 65.1 Å². The maximum absolute atomic E-state index is 12.0. The van der Waals surface area contributed by atoms with Gasteiger partial charge < -0.3 is 9.47 Å². The second-order valence-electron chi connectivity index (χ2n) is 5.05. The molecule has 1 rings (SSSR count). The number of nitrogens with zero attached hydrogens (tertiary/aromatic N) is 1. The summed E-state index contributed by atoms with van der Waals surface area (Å²) in [6, 6.07) is 0. The van der Waals surface area contributed by atoms with E-state index < -0.39 is 23.9 Å². The second-order valence-corrected chi connectivity index (χ2v) is 5.05. The number of likely N-dealkylation sites (N-methyl/N-ethyl adjacent to an activating group) is 1. The average molecular weight is 259 g/mol. The molecule has 1 saturated heterocycles. The van der Waals surface area contributed by atoms with Crippen LogP contribution in [0.4, 0.5) is 0 Å². The number of ether oxygens (including phenoxy) is 2. The Labute approximate surface area is 107 Å². The molecule has 1 heterocycles. The number of carbonyl (C=O) groups excluding carboxylic acids is 2. The van der Waals surface area contributed by atoms with Gasteiger partial charge in [-0.15, -0.1) is 0 Å². The SMILES string of the molecule is CON(C)C(=O)[C@@H]1OC(C)(C)O[C@H]1C(=O)C(C)C. The standard InChI is InChI=1S/C12H21NO5/c1-7(2)8(14)9-10(11(15)13(5)16-6)18-12(3,4)17-9/h7,9-10H,1-6H3/t9-,10+/m0/s1. The zero-order valence-corrected chi connectivity index (χ0v) is 11.7. The van der Waals surface area contributed by atoms with Crippen molar-refractivity contribution in [3.63, 3.8) is 0 Å². The van der Waals surface area contributed by atoms with Gasteiger partial charge in [0.25, 0.3) is 5.91 Å². The van der Waals surface area contributed by atoms with E-state index in [0.717, 1.165) is 5.06 Å². The van der Waals surface area contributed by atoms with E-state index in [1.165, 1.54) is 14.2 Å². The van der Waals surface area contributed by atoms with Crippen LogP contribution in [0.5, 0.6) is 0 Å². The van der Waals surface area contributed by atoms with Gasteiger partial charge in [-0.2, -0.15) is 0 Å². The predicted octanol–water partition coefficient (Wildman–Crippen LogP) is 0.751. The van der Waals surface area contributed by atoms with E-state index in [1.807, 2.05) is 0 Å². The summed E-state index contributed by atoms with van der Waals surface area (Å²) < 4.78 is 11.0. The highest BCUT2D eigenvalue weighted by molar-refractivity contribution is 5.93. The van der Waals surface area contributed by atoms with Gasteiger partial charge >= 0.3 is 0 Å². The minimum Gasteiger partial charge on any atom is -0.336 e. The van der Waals surface area contributed by atoms with Crippen molar-refractivity contribution >= 4 is 11.7 Å². The van der Waals surface area contributed by atoms with E-state index >= 15 is 0 Å². The average Bonchev–Trinajstić information content (AvgIpc) is 2.62. The molecule has 0 spiro atoms. The molecule has 0 radical (unpaired) electrons. The molecule has 0 aliphatic carbocycles. The molecule has 0 N–H and O–H groups in total. The summed E-state index contributed by atoms with van der Waals surface area (Å²) in [5, 5.41) is 1.04. The maximum Gasteiger partial charge on any atom is 0.278 e. The van der Waals surface area contributed by atoms with Crippen LogP contribution >= 0.6 is 0 Å². The molecule has 1 aliphatic heterocycles. The molecule has 6 heteroatoms. The molecular weight excluding hydrogens is 238 g/mol. The Kier molecular flexibility index (Phi) is 4.47. The first kappa shape index (κ1) is 15.1. The van der Waals surface area contributed by atoms with E-state index in [0.29, 0.717) is 0 Å². The fourth-order valence-electron chi connectivity index (χ4n) is 1.75. The van der Waals surface area contributed by atoms with E-state index in [-0.39, 0.29) is 11.7 Å². The van der Waals surface area contributed by atoms with Gasteiger partial charge in [-0.25, -0.2) is 5.06 Å². The molecule has 0 aromatic rings. The van der Waals surface area contributed by atoms with Crippen molar-refractivity contribution in [1.82, 2.24) is 5.06 Å². The zero-order valence-electron chi connectivity index (χ0n) is 11.7. The first-order chi connectivity index (χ1) is 8.19. The summed E-state index contributed by atoms with van der Waals surface area (Å²) in [6.45, 7) is 6.87. The summed E-state index contributed by atoms with van der Waals surface area (Å²) in [5.74, 6) is -1.76. The lowest BCUT2D eigenvalue weighted by Gasteiger charge is -2.21. The lowest BCUT2D eigenvalue weighted by atomic mass is 9.99. The first-order valence-corrected chi connectivity index (χ1v) is 5.90. The molecule has 0 aromatic heterocycles. The zero-order chi connectivity index (χ0) is 14.1. The van der Waals surface area contributed by atoms with Crippen LogP contribution in [0.15, 0.2) is 0 Å². The maximum atomic E-state index is 12.0. The van der Waals surface area contributed by atoms with Crippen molar-refractivity contribution in [3.8, 4) is 0 Å². The number of carbonyl (C=O) groups is 2. The van der Waals surface area contributed by atoms with Crippen LogP contribution in [0.25, 0.3) is 0 Å². The molecule has 1 aliphatic rings. The number of Topliss-reactive ketones (excluding diaryl/α,β-unsaturated/α-hetero) is 1. The smallest absolute Gasteiger partial charge is 0.278 e. The van der Waals surface area contributed by atoms with Crippen LogP contribution in [-0.2, 0) is 23.9 Å². The Bertz CT molecular complexity index is 339. The Balaban J connectivity index is 2.93. The molecule has 104 valence electrons. The van der Waals surface area contributed by atoms with Gasteiger partial charge in [-0.05, 0) is 13.8 Å². The van der Waals surface area contributed by atoms with Crippen LogP contribution in [0, 0.1) is 5.92 Å². The highest BCUT2D eigenvalue weighted by atomic mass is 16.8. The van der Waals surface area contributed by atoms with Crippen molar-refractivity contribution in [2.24, 2.45) is 5.92 Å². The van der Waals surface area contributed by atoms with Gasteiger partial charge in [-0.1, -0.05) is 13.8 Å². The van der Waals surface area contributed by atoms with Crippen molar-refractivity contribution < 1.29 is 23.9 Å². The summed E-state index contributed by atoms with van der Waals surface area (Å²) in [6.07, 6.45) is -1.84.